The van der Waals surface area contributed by atoms with E-state index in [2.05, 4.69) is 4.98 Å². The number of aryl methyl sites for hydroxylation is 1. The van der Waals surface area contributed by atoms with Gasteiger partial charge in [0.1, 0.15) is 5.82 Å². The van der Waals surface area contributed by atoms with Gasteiger partial charge in [0, 0.05) is 6.54 Å². The van der Waals surface area contributed by atoms with Crippen LogP contribution >= 0.6 is 0 Å². The summed E-state index contributed by atoms with van der Waals surface area (Å²) in [7, 11) is 0. The standard InChI is InChI=1S/C11H11F3N2O/c1-7-15-9-6-8(11(12,13)14)2-3-10(9)16(7)4-5-17/h2-3,6,17H,4-5H2,1H3. The van der Waals surface area contributed by atoms with Gasteiger partial charge in [-0.2, -0.15) is 13.2 Å². The molecule has 0 fully saturated rings. The molecule has 17 heavy (non-hydrogen) atoms. The molecule has 1 aromatic carbocycles. The minimum atomic E-state index is -4.36. The van der Waals surface area contributed by atoms with Crippen molar-refractivity contribution < 1.29 is 18.3 Å². The Bertz CT molecular complexity index is 545. The number of imidazole rings is 1. The van der Waals surface area contributed by atoms with Crippen molar-refractivity contribution >= 4 is 11.0 Å². The van der Waals surface area contributed by atoms with Crippen LogP contribution in [-0.2, 0) is 12.7 Å². The van der Waals surface area contributed by atoms with Gasteiger partial charge in [-0.15, -0.1) is 0 Å². The summed E-state index contributed by atoms with van der Waals surface area (Å²) in [5, 5.41) is 8.88. The summed E-state index contributed by atoms with van der Waals surface area (Å²) in [6.45, 7) is 1.95. The first-order chi connectivity index (χ1) is 7.93. The Labute approximate surface area is 95.5 Å². The van der Waals surface area contributed by atoms with E-state index in [4.69, 9.17) is 5.11 Å². The van der Waals surface area contributed by atoms with E-state index in [1.54, 1.807) is 11.5 Å². The summed E-state index contributed by atoms with van der Waals surface area (Å²) in [6, 6.07) is 3.43. The number of alkyl halides is 3. The van der Waals surface area contributed by atoms with E-state index in [1.807, 2.05) is 0 Å². The number of rotatable bonds is 2. The van der Waals surface area contributed by atoms with Gasteiger partial charge in [-0.05, 0) is 25.1 Å². The van der Waals surface area contributed by atoms with Gasteiger partial charge in [0.2, 0.25) is 0 Å². The molecule has 0 atom stereocenters. The summed E-state index contributed by atoms with van der Waals surface area (Å²) in [6.07, 6.45) is -4.36. The van der Waals surface area contributed by atoms with Gasteiger partial charge in [0.05, 0.1) is 23.2 Å². The smallest absolute Gasteiger partial charge is 0.395 e. The van der Waals surface area contributed by atoms with E-state index in [9.17, 15) is 13.2 Å². The molecule has 0 saturated heterocycles. The maximum absolute atomic E-state index is 12.5. The van der Waals surface area contributed by atoms with Crippen LogP contribution in [0.4, 0.5) is 13.2 Å². The third-order valence-electron chi connectivity index (χ3n) is 2.59. The molecule has 0 radical (unpaired) electrons. The van der Waals surface area contributed by atoms with Gasteiger partial charge in [0.25, 0.3) is 0 Å². The Morgan fingerprint density at radius 2 is 2.06 bits per heavy atom. The summed E-state index contributed by atoms with van der Waals surface area (Å²) in [5.41, 5.74) is 0.189. The number of aliphatic hydroxyl groups excluding tert-OH is 1. The molecule has 3 nitrogen and oxygen atoms in total. The second kappa shape index (κ2) is 4.03. The van der Waals surface area contributed by atoms with Crippen molar-refractivity contribution in [3.8, 4) is 0 Å². The number of hydrogen-bond acceptors (Lipinski definition) is 2. The Morgan fingerprint density at radius 1 is 1.35 bits per heavy atom. The van der Waals surface area contributed by atoms with Crippen molar-refractivity contribution in [3.63, 3.8) is 0 Å². The Balaban J connectivity index is 2.58. The van der Waals surface area contributed by atoms with Crippen LogP contribution < -0.4 is 0 Å². The van der Waals surface area contributed by atoms with E-state index in [1.165, 1.54) is 6.07 Å². The first-order valence-electron chi connectivity index (χ1n) is 5.08. The lowest BCUT2D eigenvalue weighted by atomic mass is 10.2. The molecule has 0 spiro atoms. The fourth-order valence-corrected chi connectivity index (χ4v) is 1.81. The molecule has 0 unspecified atom stereocenters. The van der Waals surface area contributed by atoms with E-state index in [0.717, 1.165) is 12.1 Å². The first kappa shape index (κ1) is 11.9. The van der Waals surface area contributed by atoms with Gasteiger partial charge >= 0.3 is 6.18 Å². The van der Waals surface area contributed by atoms with Crippen molar-refractivity contribution in [2.75, 3.05) is 6.61 Å². The van der Waals surface area contributed by atoms with Crippen LogP contribution in [0.5, 0.6) is 0 Å². The monoisotopic (exact) mass is 244 g/mol. The molecule has 0 bridgehead atoms. The molecule has 1 aromatic heterocycles. The molecule has 1 heterocycles. The average Bonchev–Trinajstić information content (AvgIpc) is 2.54. The lowest BCUT2D eigenvalue weighted by Crippen LogP contribution is -2.05. The van der Waals surface area contributed by atoms with Crippen LogP contribution in [-0.4, -0.2) is 21.3 Å². The molecule has 2 aromatic rings. The zero-order valence-corrected chi connectivity index (χ0v) is 9.12. The molecular formula is C11H11F3N2O. The third-order valence-corrected chi connectivity index (χ3v) is 2.59. The van der Waals surface area contributed by atoms with E-state index in [0.29, 0.717) is 23.4 Å². The minimum absolute atomic E-state index is 0.0761. The fourth-order valence-electron chi connectivity index (χ4n) is 1.81. The summed E-state index contributed by atoms with van der Waals surface area (Å²) in [4.78, 5) is 4.06. The van der Waals surface area contributed by atoms with Crippen LogP contribution in [0.25, 0.3) is 11.0 Å². The zero-order chi connectivity index (χ0) is 12.6. The predicted octanol–water partition coefficient (Wildman–Crippen LogP) is 2.36. The second-order valence-corrected chi connectivity index (χ2v) is 3.74. The van der Waals surface area contributed by atoms with Crippen LogP contribution in [0, 0.1) is 6.92 Å². The number of fused-ring (bicyclic) bond motifs is 1. The van der Waals surface area contributed by atoms with Crippen LogP contribution in [0.3, 0.4) is 0 Å². The number of aromatic nitrogens is 2. The number of nitrogens with zero attached hydrogens (tertiary/aromatic N) is 2. The van der Waals surface area contributed by atoms with Gasteiger partial charge in [-0.3, -0.25) is 0 Å². The number of aliphatic hydroxyl groups is 1. The van der Waals surface area contributed by atoms with Crippen molar-refractivity contribution in [2.24, 2.45) is 0 Å². The molecule has 6 heteroatoms. The number of halogens is 3. The molecule has 2 rings (SSSR count). The van der Waals surface area contributed by atoms with Crippen LogP contribution in [0.15, 0.2) is 18.2 Å². The average molecular weight is 244 g/mol. The second-order valence-electron chi connectivity index (χ2n) is 3.74. The summed E-state index contributed by atoms with van der Waals surface area (Å²) < 4.78 is 39.2. The minimum Gasteiger partial charge on any atom is -0.395 e. The zero-order valence-electron chi connectivity index (χ0n) is 9.12. The molecule has 0 aliphatic heterocycles. The molecule has 0 saturated carbocycles. The van der Waals surface area contributed by atoms with Gasteiger partial charge in [0.15, 0.2) is 0 Å². The maximum atomic E-state index is 12.5. The highest BCUT2D eigenvalue weighted by atomic mass is 19.4. The van der Waals surface area contributed by atoms with Crippen molar-refractivity contribution in [2.45, 2.75) is 19.6 Å². The van der Waals surface area contributed by atoms with Gasteiger partial charge in [-0.25, -0.2) is 4.98 Å². The highest BCUT2D eigenvalue weighted by Gasteiger charge is 2.30. The van der Waals surface area contributed by atoms with Crippen molar-refractivity contribution in [1.82, 2.24) is 9.55 Å². The molecule has 0 amide bonds. The molecule has 0 aliphatic rings. The highest BCUT2D eigenvalue weighted by Crippen LogP contribution is 2.31. The van der Waals surface area contributed by atoms with Crippen LogP contribution in [0.1, 0.15) is 11.4 Å². The Morgan fingerprint density at radius 3 is 2.65 bits per heavy atom. The quantitative estimate of drug-likeness (QED) is 0.880. The number of hydrogen-bond donors (Lipinski definition) is 1. The van der Waals surface area contributed by atoms with Crippen molar-refractivity contribution in [1.29, 1.82) is 0 Å². The summed E-state index contributed by atoms with van der Waals surface area (Å²) in [5.74, 6) is 0.591. The largest absolute Gasteiger partial charge is 0.416 e. The van der Waals surface area contributed by atoms with E-state index >= 15 is 0 Å². The van der Waals surface area contributed by atoms with E-state index in [-0.39, 0.29) is 6.61 Å². The number of benzene rings is 1. The molecule has 1 N–H and O–H groups in total. The molecule has 0 aliphatic carbocycles. The normalized spacial score (nSPS) is 12.3. The predicted molar refractivity (Wildman–Crippen MR) is 56.6 cm³/mol. The van der Waals surface area contributed by atoms with E-state index < -0.39 is 11.7 Å². The Hall–Kier alpha value is -1.56. The highest BCUT2D eigenvalue weighted by molar-refractivity contribution is 5.77. The topological polar surface area (TPSA) is 38.0 Å². The van der Waals surface area contributed by atoms with Gasteiger partial charge < -0.3 is 9.67 Å². The third kappa shape index (κ3) is 2.12. The SMILES string of the molecule is Cc1nc2cc(C(F)(F)F)ccc2n1CCO. The van der Waals surface area contributed by atoms with Gasteiger partial charge in [-0.1, -0.05) is 0 Å². The van der Waals surface area contributed by atoms with Crippen molar-refractivity contribution in [3.05, 3.63) is 29.6 Å². The molecular weight excluding hydrogens is 233 g/mol. The maximum Gasteiger partial charge on any atom is 0.416 e. The summed E-state index contributed by atoms with van der Waals surface area (Å²) >= 11 is 0. The van der Waals surface area contributed by atoms with Crippen LogP contribution in [0.2, 0.25) is 0 Å². The lowest BCUT2D eigenvalue weighted by Gasteiger charge is -2.07. The fraction of sp³-hybridized carbons (Fsp3) is 0.364. The first-order valence-corrected chi connectivity index (χ1v) is 5.08. The molecule has 92 valence electrons. The Kier molecular flexibility index (Phi) is 2.82. The lowest BCUT2D eigenvalue weighted by molar-refractivity contribution is -0.137.